The lowest BCUT2D eigenvalue weighted by atomic mass is 10.1. The van der Waals surface area contributed by atoms with Gasteiger partial charge in [0, 0.05) is 43.8 Å². The number of thioether (sulfide) groups is 1. The van der Waals surface area contributed by atoms with Crippen LogP contribution in [0.2, 0.25) is 0 Å². The number of aromatic nitrogens is 2. The van der Waals surface area contributed by atoms with Gasteiger partial charge in [-0.15, -0.1) is 0 Å². The molecule has 1 aliphatic heterocycles. The van der Waals surface area contributed by atoms with Gasteiger partial charge in [0.2, 0.25) is 5.91 Å². The summed E-state index contributed by atoms with van der Waals surface area (Å²) in [6.07, 6.45) is 2.60. The molecule has 4 rings (SSSR count). The number of amides is 1. The third kappa shape index (κ3) is 5.56. The minimum Gasteiger partial charge on any atom is -0.368 e. The topological polar surface area (TPSA) is 61.4 Å². The molecular weight excluding hydrogens is 425 g/mol. The maximum atomic E-state index is 13.2. The van der Waals surface area contributed by atoms with E-state index in [0.29, 0.717) is 5.16 Å². The molecule has 1 aliphatic rings. The zero-order valence-electron chi connectivity index (χ0n) is 18.0. The van der Waals surface area contributed by atoms with E-state index in [0.717, 1.165) is 55.4 Å². The van der Waals surface area contributed by atoms with Gasteiger partial charge in [-0.3, -0.25) is 4.79 Å². The van der Waals surface area contributed by atoms with Crippen molar-refractivity contribution in [3.8, 4) is 0 Å². The van der Waals surface area contributed by atoms with Crippen molar-refractivity contribution in [2.45, 2.75) is 18.5 Å². The number of rotatable bonds is 7. The second kappa shape index (κ2) is 10.5. The molecule has 0 radical (unpaired) electrons. The molecule has 1 fully saturated rings. The fourth-order valence-corrected chi connectivity index (χ4v) is 4.32. The molecule has 2 heterocycles. The monoisotopic (exact) mass is 451 g/mol. The number of aryl methyl sites for hydroxylation is 1. The normalized spacial score (nSPS) is 13.8. The summed E-state index contributed by atoms with van der Waals surface area (Å²) in [4.78, 5) is 25.8. The van der Waals surface area contributed by atoms with Crippen LogP contribution in [-0.4, -0.2) is 47.8 Å². The molecule has 0 bridgehead atoms. The van der Waals surface area contributed by atoms with Crippen molar-refractivity contribution in [2.24, 2.45) is 0 Å². The highest BCUT2D eigenvalue weighted by Gasteiger charge is 2.19. The highest BCUT2D eigenvalue weighted by atomic mass is 32.2. The Hall–Kier alpha value is -3.13. The Morgan fingerprint density at radius 1 is 1.03 bits per heavy atom. The third-order valence-electron chi connectivity index (χ3n) is 5.42. The Balaban J connectivity index is 1.31. The van der Waals surface area contributed by atoms with Crippen LogP contribution < -0.4 is 15.1 Å². The number of nitrogens with zero attached hydrogens (tertiary/aromatic N) is 4. The SMILES string of the molecule is CCc1ccccc1NC(=O)CSc1nccc(N2CCN(c3ccc(F)cc3)CC2)n1. The summed E-state index contributed by atoms with van der Waals surface area (Å²) in [5, 5.41) is 3.56. The molecule has 6 nitrogen and oxygen atoms in total. The van der Waals surface area contributed by atoms with E-state index in [9.17, 15) is 9.18 Å². The van der Waals surface area contributed by atoms with Crippen molar-refractivity contribution in [2.75, 3.05) is 47.0 Å². The van der Waals surface area contributed by atoms with Crippen molar-refractivity contribution in [1.82, 2.24) is 9.97 Å². The van der Waals surface area contributed by atoms with E-state index in [-0.39, 0.29) is 17.5 Å². The molecule has 2 aromatic carbocycles. The number of hydrogen-bond acceptors (Lipinski definition) is 6. The van der Waals surface area contributed by atoms with Crippen LogP contribution in [-0.2, 0) is 11.2 Å². The van der Waals surface area contributed by atoms with E-state index < -0.39 is 0 Å². The predicted octanol–water partition coefficient (Wildman–Crippen LogP) is 4.24. The first-order valence-electron chi connectivity index (χ1n) is 10.7. The summed E-state index contributed by atoms with van der Waals surface area (Å²) in [5.41, 5.74) is 3.00. The summed E-state index contributed by atoms with van der Waals surface area (Å²) in [6, 6.07) is 16.3. The number of carbonyl (C=O) groups excluding carboxylic acids is 1. The van der Waals surface area contributed by atoms with Gasteiger partial charge >= 0.3 is 0 Å². The maximum absolute atomic E-state index is 13.2. The standard InChI is InChI=1S/C24H26FN5OS/c1-2-18-5-3-4-6-21(18)27-23(31)17-32-24-26-12-11-22(28-24)30-15-13-29(14-16-30)20-9-7-19(25)8-10-20/h3-12H,2,13-17H2,1H3,(H,27,31). The Bertz CT molecular complexity index is 1050. The fourth-order valence-electron chi connectivity index (χ4n) is 3.69. The second-order valence-electron chi connectivity index (χ2n) is 7.50. The molecule has 1 saturated heterocycles. The van der Waals surface area contributed by atoms with Crippen LogP contribution >= 0.6 is 11.8 Å². The molecule has 8 heteroatoms. The van der Waals surface area contributed by atoms with E-state index >= 15 is 0 Å². The first-order valence-corrected chi connectivity index (χ1v) is 11.7. The van der Waals surface area contributed by atoms with Crippen LogP contribution in [0.1, 0.15) is 12.5 Å². The fraction of sp³-hybridized carbons (Fsp3) is 0.292. The van der Waals surface area contributed by atoms with Crippen molar-refractivity contribution < 1.29 is 9.18 Å². The molecule has 166 valence electrons. The van der Waals surface area contributed by atoms with E-state index in [1.807, 2.05) is 42.5 Å². The van der Waals surface area contributed by atoms with Gasteiger partial charge in [-0.2, -0.15) is 0 Å². The largest absolute Gasteiger partial charge is 0.368 e. The van der Waals surface area contributed by atoms with Crippen molar-refractivity contribution in [3.63, 3.8) is 0 Å². The summed E-state index contributed by atoms with van der Waals surface area (Å²) in [7, 11) is 0. The summed E-state index contributed by atoms with van der Waals surface area (Å²) in [6.45, 7) is 5.35. The van der Waals surface area contributed by atoms with Crippen LogP contribution in [0.5, 0.6) is 0 Å². The van der Waals surface area contributed by atoms with Crippen LogP contribution in [0.15, 0.2) is 66.0 Å². The summed E-state index contributed by atoms with van der Waals surface area (Å²) < 4.78 is 13.2. The van der Waals surface area contributed by atoms with Gasteiger partial charge < -0.3 is 15.1 Å². The Kier molecular flexibility index (Phi) is 7.21. The average molecular weight is 452 g/mol. The van der Waals surface area contributed by atoms with E-state index in [1.165, 1.54) is 23.9 Å². The molecule has 0 atom stereocenters. The number of hydrogen-bond donors (Lipinski definition) is 1. The quantitative estimate of drug-likeness (QED) is 0.428. The first kappa shape index (κ1) is 22.1. The molecule has 1 N–H and O–H groups in total. The lowest BCUT2D eigenvalue weighted by Crippen LogP contribution is -2.46. The lowest BCUT2D eigenvalue weighted by Gasteiger charge is -2.36. The van der Waals surface area contributed by atoms with E-state index in [4.69, 9.17) is 0 Å². The van der Waals surface area contributed by atoms with E-state index in [2.05, 4.69) is 32.0 Å². The Labute approximate surface area is 191 Å². The van der Waals surface area contributed by atoms with Gasteiger partial charge in [0.1, 0.15) is 11.6 Å². The van der Waals surface area contributed by atoms with Gasteiger partial charge in [-0.1, -0.05) is 36.9 Å². The van der Waals surface area contributed by atoms with Gasteiger partial charge in [0.15, 0.2) is 5.16 Å². The van der Waals surface area contributed by atoms with Gasteiger partial charge in [-0.25, -0.2) is 14.4 Å². The number of anilines is 3. The lowest BCUT2D eigenvalue weighted by molar-refractivity contribution is -0.113. The van der Waals surface area contributed by atoms with Gasteiger partial charge in [0.25, 0.3) is 0 Å². The molecule has 0 spiro atoms. The molecule has 0 aliphatic carbocycles. The minimum atomic E-state index is -0.221. The highest BCUT2D eigenvalue weighted by Crippen LogP contribution is 2.22. The second-order valence-corrected chi connectivity index (χ2v) is 8.44. The average Bonchev–Trinajstić information content (AvgIpc) is 2.84. The summed E-state index contributed by atoms with van der Waals surface area (Å²) in [5.74, 6) is 0.817. The molecule has 1 amide bonds. The predicted molar refractivity (Wildman–Crippen MR) is 128 cm³/mol. The number of nitrogens with one attached hydrogen (secondary N) is 1. The van der Waals surface area contributed by atoms with E-state index in [1.54, 1.807) is 6.20 Å². The van der Waals surface area contributed by atoms with Gasteiger partial charge in [0.05, 0.1) is 5.75 Å². The van der Waals surface area contributed by atoms with Crippen LogP contribution in [0.3, 0.4) is 0 Å². The number of halogens is 1. The van der Waals surface area contributed by atoms with Crippen LogP contribution in [0, 0.1) is 5.82 Å². The third-order valence-corrected chi connectivity index (χ3v) is 6.28. The Morgan fingerprint density at radius 3 is 2.50 bits per heavy atom. The van der Waals surface area contributed by atoms with Crippen molar-refractivity contribution >= 4 is 34.9 Å². The van der Waals surface area contributed by atoms with Crippen LogP contribution in [0.4, 0.5) is 21.6 Å². The molecular formula is C24H26FN5OS. The van der Waals surface area contributed by atoms with Crippen molar-refractivity contribution in [3.05, 3.63) is 72.2 Å². The number of piperazine rings is 1. The smallest absolute Gasteiger partial charge is 0.234 e. The maximum Gasteiger partial charge on any atom is 0.234 e. The molecule has 32 heavy (non-hydrogen) atoms. The number of carbonyl (C=O) groups is 1. The number of benzene rings is 2. The summed E-state index contributed by atoms with van der Waals surface area (Å²) >= 11 is 1.33. The van der Waals surface area contributed by atoms with Crippen LogP contribution in [0.25, 0.3) is 0 Å². The Morgan fingerprint density at radius 2 is 1.75 bits per heavy atom. The first-order chi connectivity index (χ1) is 15.6. The molecule has 1 aromatic heterocycles. The van der Waals surface area contributed by atoms with Gasteiger partial charge in [-0.05, 0) is 48.4 Å². The molecule has 3 aromatic rings. The molecule has 0 saturated carbocycles. The zero-order chi connectivity index (χ0) is 22.3. The highest BCUT2D eigenvalue weighted by molar-refractivity contribution is 7.99. The number of para-hydroxylation sites is 1. The zero-order valence-corrected chi connectivity index (χ0v) is 18.8. The minimum absolute atomic E-state index is 0.0715. The van der Waals surface area contributed by atoms with Crippen molar-refractivity contribution in [1.29, 1.82) is 0 Å². The molecule has 0 unspecified atom stereocenters.